The third-order valence-electron chi connectivity index (χ3n) is 3.96. The van der Waals surface area contributed by atoms with Gasteiger partial charge in [-0.15, -0.1) is 0 Å². The predicted molar refractivity (Wildman–Crippen MR) is 80.0 cm³/mol. The summed E-state index contributed by atoms with van der Waals surface area (Å²) >= 11 is 0. The van der Waals surface area contributed by atoms with Gasteiger partial charge in [0.05, 0.1) is 5.56 Å². The number of benzene rings is 1. The van der Waals surface area contributed by atoms with Crippen molar-refractivity contribution in [2.45, 2.75) is 32.9 Å². The molecule has 2 rings (SSSR count). The summed E-state index contributed by atoms with van der Waals surface area (Å²) in [5.74, 6) is -0.839. The third-order valence-corrected chi connectivity index (χ3v) is 3.96. The van der Waals surface area contributed by atoms with Crippen LogP contribution < -0.4 is 0 Å². The second-order valence-electron chi connectivity index (χ2n) is 6.40. The van der Waals surface area contributed by atoms with E-state index in [9.17, 15) is 9.90 Å². The monoisotopic (exact) mass is 276 g/mol. The van der Waals surface area contributed by atoms with Crippen LogP contribution in [0.5, 0.6) is 0 Å². The highest BCUT2D eigenvalue weighted by atomic mass is 16.4. The Morgan fingerprint density at radius 2 is 1.75 bits per heavy atom. The molecule has 20 heavy (non-hydrogen) atoms. The van der Waals surface area contributed by atoms with E-state index in [-0.39, 0.29) is 5.54 Å². The lowest BCUT2D eigenvalue weighted by Crippen LogP contribution is -2.53. The van der Waals surface area contributed by atoms with E-state index >= 15 is 0 Å². The fourth-order valence-electron chi connectivity index (χ4n) is 2.68. The van der Waals surface area contributed by atoms with Gasteiger partial charge in [-0.25, -0.2) is 4.79 Å². The van der Waals surface area contributed by atoms with Crippen LogP contribution in [0.4, 0.5) is 0 Å². The molecule has 4 nitrogen and oxygen atoms in total. The maximum Gasteiger partial charge on any atom is 0.336 e. The zero-order chi connectivity index (χ0) is 14.8. The third kappa shape index (κ3) is 3.58. The SMILES string of the molecule is CC(C)(C)N1CCN(Cc2ccccc2C(=O)O)CC1. The van der Waals surface area contributed by atoms with E-state index in [1.165, 1.54) is 0 Å². The molecule has 0 aliphatic carbocycles. The van der Waals surface area contributed by atoms with Crippen molar-refractivity contribution in [1.82, 2.24) is 9.80 Å². The van der Waals surface area contributed by atoms with Crippen LogP contribution in [0.3, 0.4) is 0 Å². The average molecular weight is 276 g/mol. The molecule has 0 bridgehead atoms. The maximum absolute atomic E-state index is 11.2. The lowest BCUT2D eigenvalue weighted by Gasteiger charge is -2.42. The summed E-state index contributed by atoms with van der Waals surface area (Å²) in [5, 5.41) is 9.22. The van der Waals surface area contributed by atoms with Crippen LogP contribution in [0, 0.1) is 0 Å². The number of nitrogens with zero attached hydrogens (tertiary/aromatic N) is 2. The van der Waals surface area contributed by atoms with Gasteiger partial charge in [-0.1, -0.05) is 18.2 Å². The maximum atomic E-state index is 11.2. The number of piperazine rings is 1. The minimum atomic E-state index is -0.839. The first-order valence-corrected chi connectivity index (χ1v) is 7.16. The average Bonchev–Trinajstić information content (AvgIpc) is 2.38. The molecule has 0 saturated carbocycles. The Bertz CT molecular complexity index is 472. The molecule has 110 valence electrons. The summed E-state index contributed by atoms with van der Waals surface area (Å²) < 4.78 is 0. The number of carboxylic acids is 1. The highest BCUT2D eigenvalue weighted by Gasteiger charge is 2.26. The Labute approximate surface area is 121 Å². The molecule has 1 N–H and O–H groups in total. The van der Waals surface area contributed by atoms with Crippen molar-refractivity contribution >= 4 is 5.97 Å². The van der Waals surface area contributed by atoms with E-state index in [0.29, 0.717) is 5.56 Å². The molecule has 0 atom stereocenters. The van der Waals surface area contributed by atoms with Gasteiger partial charge in [-0.3, -0.25) is 9.80 Å². The largest absolute Gasteiger partial charge is 0.478 e. The van der Waals surface area contributed by atoms with Crippen molar-refractivity contribution in [3.63, 3.8) is 0 Å². The Morgan fingerprint density at radius 3 is 2.30 bits per heavy atom. The summed E-state index contributed by atoms with van der Waals surface area (Å²) in [4.78, 5) is 16.0. The number of rotatable bonds is 3. The molecule has 1 fully saturated rings. The van der Waals surface area contributed by atoms with Gasteiger partial charge >= 0.3 is 5.97 Å². The molecule has 0 radical (unpaired) electrons. The van der Waals surface area contributed by atoms with E-state index in [1.807, 2.05) is 12.1 Å². The molecule has 4 heteroatoms. The van der Waals surface area contributed by atoms with Crippen molar-refractivity contribution in [2.75, 3.05) is 26.2 Å². The molecule has 0 unspecified atom stereocenters. The second-order valence-corrected chi connectivity index (χ2v) is 6.40. The van der Waals surface area contributed by atoms with Gasteiger partial charge in [0.15, 0.2) is 0 Å². The van der Waals surface area contributed by atoms with Gasteiger partial charge in [-0.05, 0) is 32.4 Å². The molecule has 1 aromatic carbocycles. The van der Waals surface area contributed by atoms with Gasteiger partial charge in [0.1, 0.15) is 0 Å². The Kier molecular flexibility index (Phi) is 4.45. The van der Waals surface area contributed by atoms with Gasteiger partial charge in [0.25, 0.3) is 0 Å². The zero-order valence-electron chi connectivity index (χ0n) is 12.6. The summed E-state index contributed by atoms with van der Waals surface area (Å²) in [5.41, 5.74) is 1.54. The first kappa shape index (κ1) is 15.0. The first-order chi connectivity index (χ1) is 9.38. The summed E-state index contributed by atoms with van der Waals surface area (Å²) in [6.07, 6.45) is 0. The van der Waals surface area contributed by atoms with E-state index in [4.69, 9.17) is 0 Å². The summed E-state index contributed by atoms with van der Waals surface area (Å²) in [7, 11) is 0. The van der Waals surface area contributed by atoms with Gasteiger partial charge < -0.3 is 5.11 Å². The Hall–Kier alpha value is -1.39. The Morgan fingerprint density at radius 1 is 1.15 bits per heavy atom. The molecule has 1 saturated heterocycles. The molecule has 1 aromatic rings. The number of carboxylic acid groups (broad SMARTS) is 1. The second kappa shape index (κ2) is 5.94. The minimum Gasteiger partial charge on any atom is -0.478 e. The lowest BCUT2D eigenvalue weighted by atomic mass is 10.0. The van der Waals surface area contributed by atoms with Gasteiger partial charge in [-0.2, -0.15) is 0 Å². The fraction of sp³-hybridized carbons (Fsp3) is 0.562. The van der Waals surface area contributed by atoms with E-state index in [2.05, 4.69) is 30.6 Å². The molecule has 0 spiro atoms. The van der Waals surface area contributed by atoms with Gasteiger partial charge in [0, 0.05) is 38.3 Å². The normalized spacial score (nSPS) is 18.1. The van der Waals surface area contributed by atoms with E-state index < -0.39 is 5.97 Å². The van der Waals surface area contributed by atoms with Crippen LogP contribution in [0.2, 0.25) is 0 Å². The Balaban J connectivity index is 1.98. The first-order valence-electron chi connectivity index (χ1n) is 7.16. The quantitative estimate of drug-likeness (QED) is 0.920. The summed E-state index contributed by atoms with van der Waals surface area (Å²) in [6.45, 7) is 11.5. The zero-order valence-corrected chi connectivity index (χ0v) is 12.6. The molecule has 0 amide bonds. The molecule has 1 aliphatic rings. The topological polar surface area (TPSA) is 43.8 Å². The van der Waals surface area contributed by atoms with Crippen molar-refractivity contribution < 1.29 is 9.90 Å². The minimum absolute atomic E-state index is 0.213. The van der Waals surface area contributed by atoms with Crippen LogP contribution in [-0.2, 0) is 6.54 Å². The standard InChI is InChI=1S/C16H24N2O2/c1-16(2,3)18-10-8-17(9-11-18)12-13-6-4-5-7-14(13)15(19)20/h4-7H,8-12H2,1-3H3,(H,19,20). The number of aromatic carboxylic acids is 1. The molecular formula is C16H24N2O2. The smallest absolute Gasteiger partial charge is 0.336 e. The predicted octanol–water partition coefficient (Wildman–Crippen LogP) is 2.30. The lowest BCUT2D eigenvalue weighted by molar-refractivity contribution is 0.0584. The number of hydrogen-bond acceptors (Lipinski definition) is 3. The van der Waals surface area contributed by atoms with Crippen LogP contribution >= 0.6 is 0 Å². The summed E-state index contributed by atoms with van der Waals surface area (Å²) in [6, 6.07) is 7.29. The van der Waals surface area contributed by atoms with Crippen LogP contribution in [-0.4, -0.2) is 52.6 Å². The number of carbonyl (C=O) groups is 1. The van der Waals surface area contributed by atoms with Crippen LogP contribution in [0.15, 0.2) is 24.3 Å². The van der Waals surface area contributed by atoms with E-state index in [1.54, 1.807) is 12.1 Å². The fourth-order valence-corrected chi connectivity index (χ4v) is 2.68. The molecule has 1 heterocycles. The highest BCUT2D eigenvalue weighted by Crippen LogP contribution is 2.18. The molecule has 0 aromatic heterocycles. The van der Waals surface area contributed by atoms with Crippen molar-refractivity contribution in [3.05, 3.63) is 35.4 Å². The number of hydrogen-bond donors (Lipinski definition) is 1. The molecule has 1 aliphatic heterocycles. The van der Waals surface area contributed by atoms with Gasteiger partial charge in [0.2, 0.25) is 0 Å². The van der Waals surface area contributed by atoms with Crippen molar-refractivity contribution in [2.24, 2.45) is 0 Å². The van der Waals surface area contributed by atoms with Crippen molar-refractivity contribution in [3.8, 4) is 0 Å². The van der Waals surface area contributed by atoms with Crippen LogP contribution in [0.25, 0.3) is 0 Å². The van der Waals surface area contributed by atoms with Crippen molar-refractivity contribution in [1.29, 1.82) is 0 Å². The highest BCUT2D eigenvalue weighted by molar-refractivity contribution is 5.89. The molecular weight excluding hydrogens is 252 g/mol. The van der Waals surface area contributed by atoms with Crippen LogP contribution in [0.1, 0.15) is 36.7 Å². The van der Waals surface area contributed by atoms with E-state index in [0.717, 1.165) is 38.3 Å².